The molecule has 0 bridgehead atoms. The summed E-state index contributed by atoms with van der Waals surface area (Å²) < 4.78 is 53.2. The van der Waals surface area contributed by atoms with Gasteiger partial charge < -0.3 is 5.32 Å². The zero-order valence-electron chi connectivity index (χ0n) is 12.4. The summed E-state index contributed by atoms with van der Waals surface area (Å²) in [6, 6.07) is 6.25. The highest BCUT2D eigenvalue weighted by atomic mass is 19.3. The maximum absolute atomic E-state index is 13.3. The Balaban J connectivity index is 2.27. The van der Waals surface area contributed by atoms with Crippen molar-refractivity contribution in [1.82, 2.24) is 15.5 Å². The van der Waals surface area contributed by atoms with Crippen molar-refractivity contribution in [3.05, 3.63) is 64.0 Å². The number of fused-ring (bicyclic) bond motifs is 1. The van der Waals surface area contributed by atoms with Gasteiger partial charge in [0.2, 0.25) is 5.70 Å². The highest BCUT2D eigenvalue weighted by molar-refractivity contribution is 5.79. The molecular formula is C16H9F4N5. The molecule has 0 amide bonds. The molecule has 25 heavy (non-hydrogen) atoms. The van der Waals surface area contributed by atoms with Crippen LogP contribution in [-0.2, 0) is 0 Å². The Kier molecular flexibility index (Phi) is 4.15. The predicted molar refractivity (Wildman–Crippen MR) is 80.2 cm³/mol. The third-order valence-corrected chi connectivity index (χ3v) is 3.87. The molecule has 0 fully saturated rings. The first kappa shape index (κ1) is 16.5. The van der Waals surface area contributed by atoms with Gasteiger partial charge in [0.05, 0.1) is 47.2 Å². The van der Waals surface area contributed by atoms with E-state index in [9.17, 15) is 22.8 Å². The second-order valence-electron chi connectivity index (χ2n) is 5.23. The van der Waals surface area contributed by atoms with Gasteiger partial charge in [-0.25, -0.2) is 22.4 Å². The summed E-state index contributed by atoms with van der Waals surface area (Å²) in [5.41, 5.74) is -1.79. The number of rotatable bonds is 3. The monoisotopic (exact) mass is 347 g/mol. The molecular weight excluding hydrogens is 338 g/mol. The minimum Gasteiger partial charge on any atom is -0.362 e. The van der Waals surface area contributed by atoms with Gasteiger partial charge in [-0.15, -0.1) is 0 Å². The first-order valence-electron chi connectivity index (χ1n) is 7.00. The number of benzene rings is 1. The van der Waals surface area contributed by atoms with E-state index in [0.717, 1.165) is 0 Å². The molecule has 1 aliphatic heterocycles. The quantitative estimate of drug-likeness (QED) is 0.657. The van der Waals surface area contributed by atoms with Gasteiger partial charge in [0.15, 0.2) is 0 Å². The number of aromatic nitrogens is 2. The van der Waals surface area contributed by atoms with Crippen molar-refractivity contribution >= 4 is 10.9 Å². The van der Waals surface area contributed by atoms with Crippen LogP contribution < -0.4 is 5.32 Å². The zero-order valence-corrected chi connectivity index (χ0v) is 12.4. The van der Waals surface area contributed by atoms with Gasteiger partial charge >= 0.3 is 0 Å². The number of aromatic amines is 1. The van der Waals surface area contributed by atoms with Crippen LogP contribution in [-0.4, -0.2) is 23.0 Å². The maximum atomic E-state index is 13.3. The van der Waals surface area contributed by atoms with Crippen LogP contribution in [0.3, 0.4) is 0 Å². The molecule has 1 atom stereocenters. The summed E-state index contributed by atoms with van der Waals surface area (Å²) >= 11 is 0. The lowest BCUT2D eigenvalue weighted by molar-refractivity contribution is 0.159. The van der Waals surface area contributed by atoms with Crippen molar-refractivity contribution < 1.29 is 17.6 Å². The van der Waals surface area contributed by atoms with Gasteiger partial charge in [0.1, 0.15) is 0 Å². The highest BCUT2D eigenvalue weighted by Crippen LogP contribution is 2.41. The number of hydrogen-bond acceptors (Lipinski definition) is 3. The molecule has 1 unspecified atom stereocenters. The molecule has 0 spiro atoms. The van der Waals surface area contributed by atoms with Crippen LogP contribution in [0.2, 0.25) is 0 Å². The molecule has 1 aliphatic rings. The Labute approximate surface area is 139 Å². The van der Waals surface area contributed by atoms with Crippen LogP contribution in [0.4, 0.5) is 17.6 Å². The van der Waals surface area contributed by atoms with E-state index in [1.165, 1.54) is 18.3 Å². The van der Waals surface area contributed by atoms with Crippen LogP contribution in [0.15, 0.2) is 47.1 Å². The Hall–Kier alpha value is -3.33. The first-order valence-corrected chi connectivity index (χ1v) is 7.00. The van der Waals surface area contributed by atoms with Crippen LogP contribution >= 0.6 is 0 Å². The van der Waals surface area contributed by atoms with Crippen LogP contribution in [0.1, 0.15) is 11.5 Å². The molecule has 2 heterocycles. The lowest BCUT2D eigenvalue weighted by Crippen LogP contribution is -2.32. The normalized spacial score (nSPS) is 17.8. The van der Waals surface area contributed by atoms with E-state index in [2.05, 4.69) is 15.0 Å². The van der Waals surface area contributed by atoms with Crippen molar-refractivity contribution in [3.63, 3.8) is 0 Å². The molecule has 5 nitrogen and oxygen atoms in total. The minimum atomic E-state index is -3.16. The van der Waals surface area contributed by atoms with Gasteiger partial charge in [-0.1, -0.05) is 6.07 Å². The average molecular weight is 347 g/mol. The Morgan fingerprint density at radius 3 is 2.52 bits per heavy atom. The molecule has 2 N–H and O–H groups in total. The third-order valence-electron chi connectivity index (χ3n) is 3.87. The van der Waals surface area contributed by atoms with Crippen molar-refractivity contribution in [2.24, 2.45) is 0 Å². The van der Waals surface area contributed by atoms with E-state index in [0.29, 0.717) is 10.9 Å². The Morgan fingerprint density at radius 1 is 1.20 bits per heavy atom. The van der Waals surface area contributed by atoms with E-state index >= 15 is 0 Å². The molecule has 126 valence electrons. The van der Waals surface area contributed by atoms with E-state index < -0.39 is 41.4 Å². The average Bonchev–Trinajstić information content (AvgIpc) is 3.06. The number of nitriles is 1. The summed E-state index contributed by atoms with van der Waals surface area (Å²) in [6.45, 7) is 7.23. The molecule has 0 aliphatic carbocycles. The number of dihydropyridines is 1. The standard InChI is InChI=1S/C16H9F4N5/c1-22-13-11(7-2-3-10-8(4-7)6-23-25-10)9(5-21)12(15(17)18)24-14(13)16(19)20/h2-4,6,11,15-16,24H,(H,23,25). The fraction of sp³-hybridized carbons (Fsp3) is 0.188. The molecule has 3 rings (SSSR count). The number of nitrogens with zero attached hydrogens (tertiary/aromatic N) is 3. The van der Waals surface area contributed by atoms with Gasteiger partial charge in [-0.3, -0.25) is 5.10 Å². The molecule has 2 aromatic rings. The summed E-state index contributed by atoms with van der Waals surface area (Å²) in [7, 11) is 0. The van der Waals surface area contributed by atoms with E-state index in [1.54, 1.807) is 12.1 Å². The van der Waals surface area contributed by atoms with E-state index in [-0.39, 0.29) is 5.56 Å². The molecule has 1 aromatic heterocycles. The van der Waals surface area contributed by atoms with Crippen molar-refractivity contribution in [2.45, 2.75) is 18.8 Å². The Bertz CT molecular complexity index is 932. The predicted octanol–water partition coefficient (Wildman–Crippen LogP) is 3.69. The second-order valence-corrected chi connectivity index (χ2v) is 5.23. The third kappa shape index (κ3) is 2.70. The highest BCUT2D eigenvalue weighted by Gasteiger charge is 2.38. The lowest BCUT2D eigenvalue weighted by atomic mass is 9.84. The molecule has 1 aromatic carbocycles. The number of allylic oxidation sites excluding steroid dienone is 3. The first-order chi connectivity index (χ1) is 12.0. The van der Waals surface area contributed by atoms with E-state index in [4.69, 9.17) is 6.57 Å². The summed E-state index contributed by atoms with van der Waals surface area (Å²) in [5.74, 6) is -1.30. The number of H-pyrrole nitrogens is 1. The Morgan fingerprint density at radius 2 is 1.92 bits per heavy atom. The molecule has 0 saturated heterocycles. The topological polar surface area (TPSA) is 68.9 Å². The smallest absolute Gasteiger partial charge is 0.279 e. The summed E-state index contributed by atoms with van der Waals surface area (Å²) in [4.78, 5) is 3.10. The fourth-order valence-electron chi connectivity index (χ4n) is 2.78. The number of halogens is 4. The van der Waals surface area contributed by atoms with Crippen molar-refractivity contribution in [2.75, 3.05) is 0 Å². The van der Waals surface area contributed by atoms with Crippen molar-refractivity contribution in [1.29, 1.82) is 5.26 Å². The molecule has 0 radical (unpaired) electrons. The minimum absolute atomic E-state index is 0.286. The molecule has 9 heteroatoms. The number of alkyl halides is 4. The van der Waals surface area contributed by atoms with Gasteiger partial charge in [0.25, 0.3) is 12.9 Å². The second kappa shape index (κ2) is 6.29. The largest absolute Gasteiger partial charge is 0.362 e. The fourth-order valence-corrected chi connectivity index (χ4v) is 2.78. The number of hydrogen-bond donors (Lipinski definition) is 2. The number of nitrogens with one attached hydrogen (secondary N) is 2. The molecule has 0 saturated carbocycles. The maximum Gasteiger partial charge on any atom is 0.279 e. The van der Waals surface area contributed by atoms with Gasteiger partial charge in [-0.2, -0.15) is 10.4 Å². The van der Waals surface area contributed by atoms with Crippen molar-refractivity contribution in [3.8, 4) is 6.07 Å². The zero-order chi connectivity index (χ0) is 18.1. The van der Waals surface area contributed by atoms with Crippen LogP contribution in [0, 0.1) is 17.9 Å². The SMILES string of the molecule is [C-]#[N+]C1=C(C(F)F)NC(C(F)F)=C(C#N)C1c1ccc2[nH]ncc2c1. The van der Waals surface area contributed by atoms with Gasteiger partial charge in [-0.05, 0) is 17.7 Å². The lowest BCUT2D eigenvalue weighted by Gasteiger charge is -2.28. The van der Waals surface area contributed by atoms with E-state index in [1.807, 2.05) is 5.32 Å². The van der Waals surface area contributed by atoms with Crippen LogP contribution in [0.5, 0.6) is 0 Å². The van der Waals surface area contributed by atoms with Gasteiger partial charge in [0, 0.05) is 5.39 Å². The summed E-state index contributed by atoms with van der Waals surface area (Å²) in [5, 5.41) is 18.4. The van der Waals surface area contributed by atoms with Crippen LogP contribution in [0.25, 0.3) is 15.7 Å². The summed E-state index contributed by atoms with van der Waals surface area (Å²) in [6.07, 6.45) is -4.84.